The van der Waals surface area contributed by atoms with Gasteiger partial charge in [-0.15, -0.1) is 0 Å². The van der Waals surface area contributed by atoms with Crippen molar-refractivity contribution in [1.29, 1.82) is 0 Å². The van der Waals surface area contributed by atoms with Gasteiger partial charge in [0.25, 0.3) is 5.69 Å². The molecule has 1 aromatic rings. The maximum Gasteiger partial charge on any atom is 0.288 e. The molecule has 100 valence electrons. The summed E-state index contributed by atoms with van der Waals surface area (Å²) in [5.41, 5.74) is 0.676. The largest absolute Gasteiger partial charge is 0.396 e. The molecule has 2 rings (SSSR count). The Morgan fingerprint density at radius 2 is 2.26 bits per heavy atom. The van der Waals surface area contributed by atoms with Gasteiger partial charge in [-0.3, -0.25) is 10.1 Å². The van der Waals surface area contributed by atoms with Gasteiger partial charge in [-0.2, -0.15) is 5.90 Å². The maximum absolute atomic E-state index is 10.8. The minimum absolute atomic E-state index is 0.0722. The van der Waals surface area contributed by atoms with Gasteiger partial charge in [-0.05, 0) is 18.9 Å². The monoisotopic (exact) mass is 281 g/mol. The average Bonchev–Trinajstić information content (AvgIpc) is 3.20. The lowest BCUT2D eigenvalue weighted by Gasteiger charge is -2.05. The molecule has 0 aromatic heterocycles. The van der Waals surface area contributed by atoms with Crippen LogP contribution in [0.5, 0.6) is 0 Å². The molecule has 1 aliphatic rings. The van der Waals surface area contributed by atoms with E-state index in [1.54, 1.807) is 6.07 Å². The summed E-state index contributed by atoms with van der Waals surface area (Å²) in [6.45, 7) is 3.76. The van der Waals surface area contributed by atoms with Crippen LogP contribution in [0.4, 0.5) is 5.69 Å². The van der Waals surface area contributed by atoms with Gasteiger partial charge in [0.15, 0.2) is 0 Å². The van der Waals surface area contributed by atoms with Crippen molar-refractivity contribution in [1.82, 2.24) is 0 Å². The average molecular weight is 282 g/mol. The van der Waals surface area contributed by atoms with E-state index < -0.39 is 4.92 Å². The highest BCUT2D eigenvalue weighted by Gasteiger charge is 2.29. The second-order valence-corrected chi connectivity index (χ2v) is 4.62. The fraction of sp³-hybridized carbons (Fsp3) is 0.250. The van der Waals surface area contributed by atoms with Gasteiger partial charge in [0, 0.05) is 17.5 Å². The van der Waals surface area contributed by atoms with Crippen LogP contribution >= 0.6 is 11.6 Å². The molecule has 0 amide bonds. The molecule has 0 bridgehead atoms. The van der Waals surface area contributed by atoms with E-state index >= 15 is 0 Å². The summed E-state index contributed by atoms with van der Waals surface area (Å²) in [7, 11) is 0. The molecule has 2 N–H and O–H groups in total. The lowest BCUT2D eigenvalue weighted by molar-refractivity contribution is -0.384. The van der Waals surface area contributed by atoms with Crippen molar-refractivity contribution in [2.45, 2.75) is 12.8 Å². The summed E-state index contributed by atoms with van der Waals surface area (Å²) in [4.78, 5) is 19.1. The Morgan fingerprint density at radius 1 is 1.58 bits per heavy atom. The lowest BCUT2D eigenvalue weighted by Crippen LogP contribution is -2.12. The number of nitrogens with two attached hydrogens (primary N) is 1. The minimum atomic E-state index is -0.552. The van der Waals surface area contributed by atoms with Crippen LogP contribution in [0.15, 0.2) is 29.8 Å². The van der Waals surface area contributed by atoms with Gasteiger partial charge in [-0.25, -0.2) is 4.99 Å². The Hall–Kier alpha value is -1.92. The molecule has 1 saturated carbocycles. The number of rotatable bonds is 4. The van der Waals surface area contributed by atoms with Crippen molar-refractivity contribution >= 4 is 28.9 Å². The zero-order valence-electron chi connectivity index (χ0n) is 10.0. The SMILES string of the molecule is C=C(N=C(ON)C1CC1)c1ccc(Cl)c([N+](=O)[O-])c1. The molecule has 6 nitrogen and oxygen atoms in total. The smallest absolute Gasteiger partial charge is 0.288 e. The molecule has 0 unspecified atom stereocenters. The second kappa shape index (κ2) is 5.38. The number of benzene rings is 1. The van der Waals surface area contributed by atoms with Gasteiger partial charge >= 0.3 is 0 Å². The Bertz CT molecular complexity index is 567. The zero-order valence-corrected chi connectivity index (χ0v) is 10.8. The summed E-state index contributed by atoms with van der Waals surface area (Å²) in [5.74, 6) is 5.77. The van der Waals surface area contributed by atoms with Crippen molar-refractivity contribution < 1.29 is 9.76 Å². The molecule has 1 aromatic carbocycles. The summed E-state index contributed by atoms with van der Waals surface area (Å²) in [6.07, 6.45) is 1.95. The number of aliphatic imine (C=N–C) groups is 1. The first-order valence-corrected chi connectivity index (χ1v) is 5.99. The van der Waals surface area contributed by atoms with E-state index in [0.29, 0.717) is 17.2 Å². The van der Waals surface area contributed by atoms with Crippen LogP contribution in [0, 0.1) is 16.0 Å². The first-order chi connectivity index (χ1) is 9.02. The summed E-state index contributed by atoms with van der Waals surface area (Å²) in [5, 5.41) is 10.9. The number of hydrogen-bond acceptors (Lipinski definition) is 5. The number of nitro groups is 1. The van der Waals surface area contributed by atoms with Crippen LogP contribution in [-0.2, 0) is 4.84 Å². The minimum Gasteiger partial charge on any atom is -0.396 e. The Morgan fingerprint density at radius 3 is 2.79 bits per heavy atom. The van der Waals surface area contributed by atoms with Gasteiger partial charge < -0.3 is 4.84 Å². The van der Waals surface area contributed by atoms with E-state index in [4.69, 9.17) is 22.3 Å². The van der Waals surface area contributed by atoms with Crippen molar-refractivity contribution in [3.05, 3.63) is 45.5 Å². The molecule has 19 heavy (non-hydrogen) atoms. The highest BCUT2D eigenvalue weighted by molar-refractivity contribution is 6.32. The van der Waals surface area contributed by atoms with Gasteiger partial charge in [0.1, 0.15) is 5.02 Å². The fourth-order valence-electron chi connectivity index (χ4n) is 1.57. The van der Waals surface area contributed by atoms with Crippen LogP contribution in [0.1, 0.15) is 18.4 Å². The van der Waals surface area contributed by atoms with E-state index in [9.17, 15) is 10.1 Å². The molecule has 0 aliphatic heterocycles. The summed E-state index contributed by atoms with van der Waals surface area (Å²) < 4.78 is 0. The van der Waals surface area contributed by atoms with Crippen molar-refractivity contribution in [3.63, 3.8) is 0 Å². The molecule has 1 aliphatic carbocycles. The van der Waals surface area contributed by atoms with Crippen LogP contribution in [0.25, 0.3) is 5.70 Å². The van der Waals surface area contributed by atoms with E-state index in [-0.39, 0.29) is 16.6 Å². The highest BCUT2D eigenvalue weighted by atomic mass is 35.5. The maximum atomic E-state index is 10.8. The van der Waals surface area contributed by atoms with Gasteiger partial charge in [-0.1, -0.05) is 24.2 Å². The summed E-state index contributed by atoms with van der Waals surface area (Å²) >= 11 is 5.74. The van der Waals surface area contributed by atoms with Crippen molar-refractivity contribution in [3.8, 4) is 0 Å². The molecule has 0 spiro atoms. The van der Waals surface area contributed by atoms with E-state index in [0.717, 1.165) is 12.8 Å². The predicted octanol–water partition coefficient (Wildman–Crippen LogP) is 2.92. The van der Waals surface area contributed by atoms with Crippen molar-refractivity contribution in [2.24, 2.45) is 16.8 Å². The van der Waals surface area contributed by atoms with Crippen LogP contribution in [-0.4, -0.2) is 10.8 Å². The number of hydrogen-bond donors (Lipinski definition) is 1. The van der Waals surface area contributed by atoms with E-state index in [1.165, 1.54) is 12.1 Å². The van der Waals surface area contributed by atoms with Gasteiger partial charge in [0.05, 0.1) is 10.6 Å². The first-order valence-electron chi connectivity index (χ1n) is 5.61. The second-order valence-electron chi connectivity index (χ2n) is 4.21. The third-order valence-electron chi connectivity index (χ3n) is 2.77. The molecule has 1 fully saturated rings. The van der Waals surface area contributed by atoms with Crippen LogP contribution < -0.4 is 5.90 Å². The highest BCUT2D eigenvalue weighted by Crippen LogP contribution is 2.33. The van der Waals surface area contributed by atoms with Crippen molar-refractivity contribution in [2.75, 3.05) is 0 Å². The zero-order chi connectivity index (χ0) is 14.0. The number of halogens is 1. The quantitative estimate of drug-likeness (QED) is 0.397. The van der Waals surface area contributed by atoms with Gasteiger partial charge in [0.2, 0.25) is 5.90 Å². The molecule has 0 atom stereocenters. The standard InChI is InChI=1S/C12H12ClN3O3/c1-7(15-12(19-14)8-2-3-8)9-4-5-10(13)11(6-9)16(17)18/h4-6,8H,1-3,14H2. The third-order valence-corrected chi connectivity index (χ3v) is 3.09. The Labute approximate surface area is 114 Å². The van der Waals surface area contributed by atoms with Crippen LogP contribution in [0.3, 0.4) is 0 Å². The number of nitro benzene ring substituents is 1. The topological polar surface area (TPSA) is 90.8 Å². The summed E-state index contributed by atoms with van der Waals surface area (Å²) in [6, 6.07) is 4.38. The Balaban J connectivity index is 2.28. The first kappa shape index (κ1) is 13.5. The molecular weight excluding hydrogens is 270 g/mol. The molecule has 0 radical (unpaired) electrons. The van der Waals surface area contributed by atoms with Crippen LogP contribution in [0.2, 0.25) is 5.02 Å². The normalized spacial score (nSPS) is 15.2. The van der Waals surface area contributed by atoms with E-state index in [2.05, 4.69) is 11.6 Å². The predicted molar refractivity (Wildman–Crippen MR) is 72.6 cm³/mol. The molecule has 0 saturated heterocycles. The van der Waals surface area contributed by atoms with E-state index in [1.807, 2.05) is 0 Å². The third kappa shape index (κ3) is 3.10. The Kier molecular flexibility index (Phi) is 3.82. The fourth-order valence-corrected chi connectivity index (χ4v) is 1.76. The number of nitrogens with zero attached hydrogens (tertiary/aromatic N) is 2. The molecule has 0 heterocycles. The molecular formula is C12H12ClN3O3. The lowest BCUT2D eigenvalue weighted by atomic mass is 10.1. The molecule has 7 heteroatoms.